The standard InChI is InChI=1S/C9H9N5O2/c1-5-6(2)12-13-9(11-5)14-4-7(3-10-14)8(15)16/h3-4H,1-2H3,(H,15,16). The van der Waals surface area contributed by atoms with Gasteiger partial charge in [-0.1, -0.05) is 0 Å². The number of carboxylic acid groups (broad SMARTS) is 1. The van der Waals surface area contributed by atoms with Crippen LogP contribution in [0, 0.1) is 13.8 Å². The molecule has 82 valence electrons. The van der Waals surface area contributed by atoms with Crippen LogP contribution >= 0.6 is 0 Å². The molecule has 0 aromatic carbocycles. The quantitative estimate of drug-likeness (QED) is 0.784. The molecule has 0 saturated carbocycles. The average molecular weight is 219 g/mol. The van der Waals surface area contributed by atoms with Crippen molar-refractivity contribution in [1.82, 2.24) is 25.0 Å². The lowest BCUT2D eigenvalue weighted by Crippen LogP contribution is -2.06. The van der Waals surface area contributed by atoms with Crippen molar-refractivity contribution < 1.29 is 9.90 Å². The molecule has 0 aliphatic rings. The minimum Gasteiger partial charge on any atom is -0.478 e. The van der Waals surface area contributed by atoms with Crippen LogP contribution in [0.25, 0.3) is 5.95 Å². The van der Waals surface area contributed by atoms with Gasteiger partial charge in [0.15, 0.2) is 0 Å². The Balaban J connectivity index is 2.42. The number of nitrogens with zero attached hydrogens (tertiary/aromatic N) is 5. The molecule has 2 aromatic heterocycles. The van der Waals surface area contributed by atoms with E-state index in [-0.39, 0.29) is 11.5 Å². The summed E-state index contributed by atoms with van der Waals surface area (Å²) in [6.45, 7) is 3.60. The average Bonchev–Trinajstić information content (AvgIpc) is 2.71. The van der Waals surface area contributed by atoms with Gasteiger partial charge in [0.05, 0.1) is 23.1 Å². The molecule has 0 bridgehead atoms. The third-order valence-corrected chi connectivity index (χ3v) is 2.12. The molecule has 0 saturated heterocycles. The van der Waals surface area contributed by atoms with Crippen molar-refractivity contribution in [1.29, 1.82) is 0 Å². The fourth-order valence-corrected chi connectivity index (χ4v) is 1.09. The molecule has 2 heterocycles. The van der Waals surface area contributed by atoms with Gasteiger partial charge in [0.1, 0.15) is 0 Å². The summed E-state index contributed by atoms with van der Waals surface area (Å²) in [5.74, 6) is -0.779. The Kier molecular flexibility index (Phi) is 2.35. The molecule has 16 heavy (non-hydrogen) atoms. The number of rotatable bonds is 2. The zero-order chi connectivity index (χ0) is 11.7. The number of aryl methyl sites for hydroxylation is 2. The smallest absolute Gasteiger partial charge is 0.338 e. The predicted octanol–water partition coefficient (Wildman–Crippen LogP) is 0.372. The first-order chi connectivity index (χ1) is 7.58. The highest BCUT2D eigenvalue weighted by molar-refractivity contribution is 5.86. The van der Waals surface area contributed by atoms with Crippen molar-refractivity contribution in [3.63, 3.8) is 0 Å². The van der Waals surface area contributed by atoms with Gasteiger partial charge >= 0.3 is 5.97 Å². The van der Waals surface area contributed by atoms with Gasteiger partial charge in [0, 0.05) is 6.20 Å². The van der Waals surface area contributed by atoms with Crippen LogP contribution in [-0.2, 0) is 0 Å². The highest BCUT2D eigenvalue weighted by Gasteiger charge is 2.09. The minimum absolute atomic E-state index is 0.0850. The number of carbonyl (C=O) groups is 1. The van der Waals surface area contributed by atoms with Crippen molar-refractivity contribution in [2.75, 3.05) is 0 Å². The van der Waals surface area contributed by atoms with E-state index in [0.717, 1.165) is 11.4 Å². The second-order valence-corrected chi connectivity index (χ2v) is 3.26. The van der Waals surface area contributed by atoms with Gasteiger partial charge < -0.3 is 5.11 Å². The lowest BCUT2D eigenvalue weighted by molar-refractivity contribution is 0.0697. The van der Waals surface area contributed by atoms with Crippen LogP contribution in [0.3, 0.4) is 0 Å². The molecular formula is C9H9N5O2. The highest BCUT2D eigenvalue weighted by Crippen LogP contribution is 2.04. The Morgan fingerprint density at radius 2 is 2.06 bits per heavy atom. The number of hydrogen-bond donors (Lipinski definition) is 1. The van der Waals surface area contributed by atoms with E-state index in [4.69, 9.17) is 5.11 Å². The summed E-state index contributed by atoms with van der Waals surface area (Å²) in [7, 11) is 0. The molecule has 1 N–H and O–H groups in total. The van der Waals surface area contributed by atoms with E-state index in [1.165, 1.54) is 17.1 Å². The van der Waals surface area contributed by atoms with Gasteiger partial charge in [-0.05, 0) is 13.8 Å². The van der Waals surface area contributed by atoms with E-state index in [9.17, 15) is 4.79 Å². The van der Waals surface area contributed by atoms with Crippen molar-refractivity contribution in [2.24, 2.45) is 0 Å². The molecule has 0 amide bonds. The minimum atomic E-state index is -1.04. The maximum atomic E-state index is 10.7. The second-order valence-electron chi connectivity index (χ2n) is 3.26. The van der Waals surface area contributed by atoms with Gasteiger partial charge in [-0.25, -0.2) is 14.5 Å². The third kappa shape index (κ3) is 1.74. The molecule has 2 aromatic rings. The van der Waals surface area contributed by atoms with Crippen molar-refractivity contribution in [3.05, 3.63) is 29.3 Å². The Bertz CT molecular complexity index is 549. The Hall–Kier alpha value is -2.31. The predicted molar refractivity (Wildman–Crippen MR) is 53.4 cm³/mol. The molecule has 0 unspecified atom stereocenters. The first-order valence-electron chi connectivity index (χ1n) is 4.54. The van der Waals surface area contributed by atoms with Crippen LogP contribution in [-0.4, -0.2) is 36.0 Å². The summed E-state index contributed by atoms with van der Waals surface area (Å²) >= 11 is 0. The number of hydrogen-bond acceptors (Lipinski definition) is 5. The SMILES string of the molecule is Cc1nnc(-n2cc(C(=O)O)cn2)nc1C. The third-order valence-electron chi connectivity index (χ3n) is 2.12. The summed E-state index contributed by atoms with van der Waals surface area (Å²) in [6, 6.07) is 0. The molecule has 0 aliphatic carbocycles. The van der Waals surface area contributed by atoms with E-state index in [1.54, 1.807) is 13.8 Å². The van der Waals surface area contributed by atoms with Gasteiger partial charge in [-0.2, -0.15) is 10.2 Å². The molecule has 7 heteroatoms. The lowest BCUT2D eigenvalue weighted by atomic mass is 10.4. The number of carboxylic acids is 1. The summed E-state index contributed by atoms with van der Waals surface area (Å²) in [5.41, 5.74) is 1.55. The zero-order valence-electron chi connectivity index (χ0n) is 8.75. The highest BCUT2D eigenvalue weighted by atomic mass is 16.4. The molecule has 0 radical (unpaired) electrons. The summed E-state index contributed by atoms with van der Waals surface area (Å²) < 4.78 is 1.28. The van der Waals surface area contributed by atoms with Gasteiger partial charge in [-0.3, -0.25) is 0 Å². The normalized spacial score (nSPS) is 10.4. The fraction of sp³-hybridized carbons (Fsp3) is 0.222. The van der Waals surface area contributed by atoms with Crippen molar-refractivity contribution >= 4 is 5.97 Å². The van der Waals surface area contributed by atoms with Crippen molar-refractivity contribution in [3.8, 4) is 5.95 Å². The van der Waals surface area contributed by atoms with Crippen molar-refractivity contribution in [2.45, 2.75) is 13.8 Å². The summed E-state index contributed by atoms with van der Waals surface area (Å²) in [5, 5.41) is 20.3. The van der Waals surface area contributed by atoms with E-state index in [2.05, 4.69) is 20.3 Å². The Labute approximate surface area is 90.8 Å². The maximum absolute atomic E-state index is 10.7. The molecule has 0 spiro atoms. The first-order valence-corrected chi connectivity index (χ1v) is 4.54. The zero-order valence-corrected chi connectivity index (χ0v) is 8.75. The van der Waals surface area contributed by atoms with Crippen LogP contribution < -0.4 is 0 Å². The molecule has 7 nitrogen and oxygen atoms in total. The van der Waals surface area contributed by atoms with E-state index >= 15 is 0 Å². The van der Waals surface area contributed by atoms with E-state index < -0.39 is 5.97 Å². The monoisotopic (exact) mass is 219 g/mol. The molecule has 0 atom stereocenters. The fourth-order valence-electron chi connectivity index (χ4n) is 1.09. The van der Waals surface area contributed by atoms with E-state index in [1.807, 2.05) is 0 Å². The Morgan fingerprint density at radius 1 is 1.31 bits per heavy atom. The molecule has 0 aliphatic heterocycles. The molecule has 0 fully saturated rings. The second kappa shape index (κ2) is 3.69. The van der Waals surface area contributed by atoms with E-state index in [0.29, 0.717) is 0 Å². The Morgan fingerprint density at radius 3 is 2.62 bits per heavy atom. The van der Waals surface area contributed by atoms with Gasteiger partial charge in [-0.15, -0.1) is 5.10 Å². The van der Waals surface area contributed by atoms with Crippen LogP contribution in [0.2, 0.25) is 0 Å². The largest absolute Gasteiger partial charge is 0.478 e. The van der Waals surface area contributed by atoms with Crippen LogP contribution in [0.5, 0.6) is 0 Å². The van der Waals surface area contributed by atoms with Crippen LogP contribution in [0.1, 0.15) is 21.7 Å². The number of aromatic nitrogens is 5. The number of aromatic carboxylic acids is 1. The van der Waals surface area contributed by atoms with Gasteiger partial charge in [0.2, 0.25) is 0 Å². The van der Waals surface area contributed by atoms with Crippen LogP contribution in [0.15, 0.2) is 12.4 Å². The lowest BCUT2D eigenvalue weighted by Gasteiger charge is -2.00. The first kappa shape index (κ1) is 10.2. The maximum Gasteiger partial charge on any atom is 0.338 e. The topological polar surface area (TPSA) is 93.8 Å². The van der Waals surface area contributed by atoms with Gasteiger partial charge in [0.25, 0.3) is 5.95 Å². The van der Waals surface area contributed by atoms with Crippen LogP contribution in [0.4, 0.5) is 0 Å². The molecular weight excluding hydrogens is 210 g/mol. The summed E-state index contributed by atoms with van der Waals surface area (Å²) in [6.07, 6.45) is 2.58. The molecule has 2 rings (SSSR count). The summed E-state index contributed by atoms with van der Waals surface area (Å²) in [4.78, 5) is 14.8.